The van der Waals surface area contributed by atoms with Crippen molar-refractivity contribution < 1.29 is 0 Å². The lowest BCUT2D eigenvalue weighted by Gasteiger charge is -2.08. The molecule has 1 aliphatic rings. The maximum absolute atomic E-state index is 12.1. The van der Waals surface area contributed by atoms with Gasteiger partial charge in [-0.25, -0.2) is 0 Å². The molecule has 2 aromatic rings. The number of pyridine rings is 1. The van der Waals surface area contributed by atoms with Crippen molar-refractivity contribution in [3.63, 3.8) is 0 Å². The van der Waals surface area contributed by atoms with Crippen LogP contribution in [0.1, 0.15) is 30.0 Å². The van der Waals surface area contributed by atoms with Crippen LogP contribution in [0, 0.1) is 6.92 Å². The average Bonchev–Trinajstić information content (AvgIpc) is 3.09. The van der Waals surface area contributed by atoms with Crippen molar-refractivity contribution in [2.24, 2.45) is 0 Å². The van der Waals surface area contributed by atoms with E-state index in [9.17, 15) is 4.79 Å². The first kappa shape index (κ1) is 11.1. The highest BCUT2D eigenvalue weighted by Gasteiger charge is 2.25. The fourth-order valence-corrected chi connectivity index (χ4v) is 2.66. The fraction of sp³-hybridized carbons (Fsp3) is 0.308. The van der Waals surface area contributed by atoms with Crippen LogP contribution >= 0.6 is 23.2 Å². The van der Waals surface area contributed by atoms with E-state index in [1.165, 1.54) is 0 Å². The van der Waals surface area contributed by atoms with E-state index < -0.39 is 0 Å². The molecule has 0 amide bonds. The molecule has 2 nitrogen and oxygen atoms in total. The van der Waals surface area contributed by atoms with Gasteiger partial charge < -0.3 is 4.98 Å². The van der Waals surface area contributed by atoms with Crippen LogP contribution in [0.15, 0.2) is 16.9 Å². The van der Waals surface area contributed by atoms with Crippen LogP contribution in [0.4, 0.5) is 0 Å². The second-order valence-electron chi connectivity index (χ2n) is 4.60. The third kappa shape index (κ3) is 1.76. The Labute approximate surface area is 109 Å². The quantitative estimate of drug-likeness (QED) is 0.832. The van der Waals surface area contributed by atoms with Gasteiger partial charge in [0.25, 0.3) is 0 Å². The molecule has 0 radical (unpaired) electrons. The Morgan fingerprint density at radius 1 is 1.29 bits per heavy atom. The molecule has 0 unspecified atom stereocenters. The van der Waals surface area contributed by atoms with Gasteiger partial charge in [-0.2, -0.15) is 0 Å². The van der Waals surface area contributed by atoms with Crippen molar-refractivity contribution >= 4 is 34.1 Å². The van der Waals surface area contributed by atoms with Gasteiger partial charge in [-0.15, -0.1) is 0 Å². The zero-order valence-corrected chi connectivity index (χ0v) is 10.8. The van der Waals surface area contributed by atoms with Gasteiger partial charge in [0, 0.05) is 11.8 Å². The molecular weight excluding hydrogens is 257 g/mol. The molecule has 1 N–H and O–H groups in total. The van der Waals surface area contributed by atoms with E-state index in [0.29, 0.717) is 26.9 Å². The van der Waals surface area contributed by atoms with E-state index in [4.69, 9.17) is 23.2 Å². The third-order valence-corrected chi connectivity index (χ3v) is 4.00. The SMILES string of the molecule is Cc1cc(Cl)c2[nH]c(C3CC3)cc(=O)c2c1Cl. The molecule has 1 aromatic heterocycles. The molecule has 3 rings (SSSR count). The molecule has 0 bridgehead atoms. The van der Waals surface area contributed by atoms with E-state index in [0.717, 1.165) is 24.1 Å². The van der Waals surface area contributed by atoms with E-state index in [-0.39, 0.29) is 5.43 Å². The van der Waals surface area contributed by atoms with Crippen molar-refractivity contribution in [1.82, 2.24) is 4.98 Å². The topological polar surface area (TPSA) is 32.9 Å². The van der Waals surface area contributed by atoms with E-state index in [1.807, 2.05) is 6.92 Å². The molecule has 4 heteroatoms. The van der Waals surface area contributed by atoms with Crippen molar-refractivity contribution in [1.29, 1.82) is 0 Å². The summed E-state index contributed by atoms with van der Waals surface area (Å²) in [7, 11) is 0. The van der Waals surface area contributed by atoms with Gasteiger partial charge in [0.1, 0.15) is 0 Å². The van der Waals surface area contributed by atoms with Crippen molar-refractivity contribution in [2.45, 2.75) is 25.7 Å². The van der Waals surface area contributed by atoms with Gasteiger partial charge in [0.2, 0.25) is 0 Å². The summed E-state index contributed by atoms with van der Waals surface area (Å²) in [6, 6.07) is 3.44. The van der Waals surface area contributed by atoms with Crippen LogP contribution in [0.3, 0.4) is 0 Å². The predicted molar refractivity (Wildman–Crippen MR) is 71.3 cm³/mol. The third-order valence-electron chi connectivity index (χ3n) is 3.22. The number of hydrogen-bond donors (Lipinski definition) is 1. The maximum Gasteiger partial charge on any atom is 0.191 e. The van der Waals surface area contributed by atoms with Gasteiger partial charge in [-0.1, -0.05) is 23.2 Å². The Morgan fingerprint density at radius 2 is 2.00 bits per heavy atom. The number of fused-ring (bicyclic) bond motifs is 1. The number of halogens is 2. The van der Waals surface area contributed by atoms with Crippen LogP contribution in [0.5, 0.6) is 0 Å². The summed E-state index contributed by atoms with van der Waals surface area (Å²) in [6.07, 6.45) is 2.28. The molecule has 1 heterocycles. The lowest BCUT2D eigenvalue weighted by Crippen LogP contribution is -2.06. The van der Waals surface area contributed by atoms with Gasteiger partial charge in [0.05, 0.1) is 20.9 Å². The summed E-state index contributed by atoms with van der Waals surface area (Å²) in [5.41, 5.74) is 2.42. The minimum Gasteiger partial charge on any atom is -0.357 e. The largest absolute Gasteiger partial charge is 0.357 e. The number of aryl methyl sites for hydroxylation is 1. The minimum absolute atomic E-state index is 0.0451. The van der Waals surface area contributed by atoms with Crippen LogP contribution in [-0.4, -0.2) is 4.98 Å². The van der Waals surface area contributed by atoms with E-state index in [2.05, 4.69) is 4.98 Å². The van der Waals surface area contributed by atoms with Crippen molar-refractivity contribution in [3.8, 4) is 0 Å². The van der Waals surface area contributed by atoms with E-state index in [1.54, 1.807) is 12.1 Å². The monoisotopic (exact) mass is 267 g/mol. The van der Waals surface area contributed by atoms with Crippen LogP contribution in [0.2, 0.25) is 10.0 Å². The molecule has 0 atom stereocenters. The van der Waals surface area contributed by atoms with Crippen LogP contribution in [-0.2, 0) is 0 Å². The number of H-pyrrole nitrogens is 1. The standard InChI is InChI=1S/C13H11Cl2NO/c1-6-4-8(14)13-11(12(6)15)10(17)5-9(16-13)7-2-3-7/h4-5,7H,2-3H2,1H3,(H,16,17). The first-order chi connectivity index (χ1) is 8.08. The number of benzene rings is 1. The molecule has 0 spiro atoms. The summed E-state index contributed by atoms with van der Waals surface area (Å²) >= 11 is 12.3. The number of nitrogens with one attached hydrogen (secondary N) is 1. The smallest absolute Gasteiger partial charge is 0.191 e. The molecule has 1 aliphatic carbocycles. The van der Waals surface area contributed by atoms with Gasteiger partial charge in [-0.05, 0) is 37.3 Å². The lowest BCUT2D eigenvalue weighted by atomic mass is 10.1. The summed E-state index contributed by atoms with van der Waals surface area (Å²) in [5.74, 6) is 0.489. The maximum atomic E-state index is 12.1. The summed E-state index contributed by atoms with van der Waals surface area (Å²) < 4.78 is 0. The van der Waals surface area contributed by atoms with Crippen molar-refractivity contribution in [2.75, 3.05) is 0 Å². The van der Waals surface area contributed by atoms with Crippen LogP contribution < -0.4 is 5.43 Å². The molecule has 1 aromatic carbocycles. The lowest BCUT2D eigenvalue weighted by molar-refractivity contribution is 1.04. The summed E-state index contributed by atoms with van der Waals surface area (Å²) in [5, 5.41) is 1.55. The molecular formula is C13H11Cl2NO. The summed E-state index contributed by atoms with van der Waals surface area (Å²) in [6.45, 7) is 1.85. The van der Waals surface area contributed by atoms with Gasteiger partial charge in [0.15, 0.2) is 5.43 Å². The Morgan fingerprint density at radius 3 is 2.65 bits per heavy atom. The van der Waals surface area contributed by atoms with Gasteiger partial charge >= 0.3 is 0 Å². The molecule has 1 fully saturated rings. The Balaban J connectivity index is 2.42. The molecule has 17 heavy (non-hydrogen) atoms. The number of hydrogen-bond acceptors (Lipinski definition) is 1. The predicted octanol–water partition coefficient (Wildman–Crippen LogP) is 4.02. The first-order valence-electron chi connectivity index (χ1n) is 5.59. The molecule has 0 aliphatic heterocycles. The molecule has 0 saturated heterocycles. The first-order valence-corrected chi connectivity index (χ1v) is 6.35. The van der Waals surface area contributed by atoms with E-state index >= 15 is 0 Å². The Hall–Kier alpha value is -0.990. The van der Waals surface area contributed by atoms with Crippen molar-refractivity contribution in [3.05, 3.63) is 43.7 Å². The second-order valence-corrected chi connectivity index (χ2v) is 5.39. The zero-order chi connectivity index (χ0) is 12.2. The number of aromatic amines is 1. The Kier molecular flexibility index (Phi) is 2.46. The highest BCUT2D eigenvalue weighted by Crippen LogP contribution is 2.40. The highest BCUT2D eigenvalue weighted by molar-refractivity contribution is 6.40. The molecule has 1 saturated carbocycles. The second kappa shape index (κ2) is 3.76. The highest BCUT2D eigenvalue weighted by atomic mass is 35.5. The summed E-state index contributed by atoms with van der Waals surface area (Å²) in [4.78, 5) is 15.3. The number of rotatable bonds is 1. The fourth-order valence-electron chi connectivity index (χ4n) is 2.11. The number of aromatic nitrogens is 1. The Bertz CT molecular complexity index is 671. The normalized spacial score (nSPS) is 15.5. The zero-order valence-electron chi connectivity index (χ0n) is 9.31. The minimum atomic E-state index is -0.0451. The van der Waals surface area contributed by atoms with Crippen LogP contribution in [0.25, 0.3) is 10.9 Å². The average molecular weight is 268 g/mol. The van der Waals surface area contributed by atoms with Gasteiger partial charge in [-0.3, -0.25) is 4.79 Å². The molecule has 88 valence electrons.